The molecule has 2 heteroatoms. The summed E-state index contributed by atoms with van der Waals surface area (Å²) in [6.45, 7) is 13.6. The first-order valence-corrected chi connectivity index (χ1v) is 6.92. The molecule has 2 N–H and O–H groups in total. The van der Waals surface area contributed by atoms with Gasteiger partial charge >= 0.3 is 0 Å². The zero-order chi connectivity index (χ0) is 12.3. The average Bonchev–Trinajstić information content (AvgIpc) is 2.16. The fourth-order valence-corrected chi connectivity index (χ4v) is 4.00. The number of nitrogens with two attached hydrogens (primary N) is 1. The van der Waals surface area contributed by atoms with E-state index in [1.54, 1.807) is 0 Å². The molecule has 0 saturated heterocycles. The Morgan fingerprint density at radius 2 is 1.75 bits per heavy atom. The van der Waals surface area contributed by atoms with E-state index in [0.717, 1.165) is 24.9 Å². The van der Waals surface area contributed by atoms with Crippen molar-refractivity contribution in [3.63, 3.8) is 0 Å². The van der Waals surface area contributed by atoms with E-state index in [2.05, 4.69) is 39.5 Å². The molecule has 0 aromatic rings. The van der Waals surface area contributed by atoms with Crippen molar-refractivity contribution in [1.29, 1.82) is 0 Å². The molecule has 96 valence electrons. The molecule has 0 aromatic carbocycles. The highest BCUT2D eigenvalue weighted by atomic mass is 15.2. The molecule has 0 heterocycles. The summed E-state index contributed by atoms with van der Waals surface area (Å²) in [7, 11) is 0. The third-order valence-corrected chi connectivity index (χ3v) is 4.21. The maximum atomic E-state index is 6.14. The molecule has 2 nitrogen and oxygen atoms in total. The molecular weight excluding hydrogens is 196 g/mol. The van der Waals surface area contributed by atoms with Crippen LogP contribution in [0.5, 0.6) is 0 Å². The molecule has 2 unspecified atom stereocenters. The Kier molecular flexibility index (Phi) is 4.81. The lowest BCUT2D eigenvalue weighted by Gasteiger charge is -2.51. The molecule has 0 aromatic heterocycles. The molecule has 1 rings (SSSR count). The van der Waals surface area contributed by atoms with Crippen molar-refractivity contribution in [1.82, 2.24) is 4.90 Å². The normalized spacial score (nSPS) is 36.0. The van der Waals surface area contributed by atoms with E-state index >= 15 is 0 Å². The number of nitrogens with zero attached hydrogens (tertiary/aromatic N) is 1. The first kappa shape index (κ1) is 14.0. The molecule has 2 atom stereocenters. The van der Waals surface area contributed by atoms with Crippen LogP contribution in [0, 0.1) is 11.8 Å². The van der Waals surface area contributed by atoms with E-state index in [-0.39, 0.29) is 5.54 Å². The van der Waals surface area contributed by atoms with E-state index in [9.17, 15) is 0 Å². The standard InChI is InChI=1S/C14H30N2/c1-6-16(11(2)3)14(10-15)8-12(4)7-13(5)9-14/h11-13H,6-10,15H2,1-5H3. The Hall–Kier alpha value is -0.0800. The van der Waals surface area contributed by atoms with Crippen molar-refractivity contribution < 1.29 is 0 Å². The van der Waals surface area contributed by atoms with Crippen LogP contribution in [0.3, 0.4) is 0 Å². The summed E-state index contributed by atoms with van der Waals surface area (Å²) >= 11 is 0. The van der Waals surface area contributed by atoms with Crippen molar-refractivity contribution in [3.8, 4) is 0 Å². The minimum Gasteiger partial charge on any atom is -0.329 e. The minimum atomic E-state index is 0.264. The fraction of sp³-hybridized carbons (Fsp3) is 1.00. The first-order chi connectivity index (χ1) is 7.45. The molecule has 0 amide bonds. The van der Waals surface area contributed by atoms with Gasteiger partial charge in [0.15, 0.2) is 0 Å². The van der Waals surface area contributed by atoms with Crippen LogP contribution < -0.4 is 5.73 Å². The van der Waals surface area contributed by atoms with Crippen LogP contribution >= 0.6 is 0 Å². The van der Waals surface area contributed by atoms with Crippen molar-refractivity contribution in [2.45, 2.75) is 65.5 Å². The number of hydrogen-bond donors (Lipinski definition) is 1. The average molecular weight is 226 g/mol. The summed E-state index contributed by atoms with van der Waals surface area (Å²) in [4.78, 5) is 2.62. The monoisotopic (exact) mass is 226 g/mol. The number of hydrogen-bond acceptors (Lipinski definition) is 2. The van der Waals surface area contributed by atoms with E-state index in [4.69, 9.17) is 5.73 Å². The number of likely N-dealkylation sites (N-methyl/N-ethyl adjacent to an activating group) is 1. The van der Waals surface area contributed by atoms with Gasteiger partial charge in [-0.1, -0.05) is 20.8 Å². The van der Waals surface area contributed by atoms with Crippen LogP contribution in [0.2, 0.25) is 0 Å². The molecule has 0 radical (unpaired) electrons. The second-order valence-electron chi connectivity index (χ2n) is 6.16. The Balaban J connectivity index is 2.89. The van der Waals surface area contributed by atoms with Gasteiger partial charge in [0, 0.05) is 18.1 Å². The third kappa shape index (κ3) is 2.78. The van der Waals surface area contributed by atoms with E-state index in [1.165, 1.54) is 19.3 Å². The van der Waals surface area contributed by atoms with Crippen LogP contribution in [-0.4, -0.2) is 29.6 Å². The van der Waals surface area contributed by atoms with Gasteiger partial charge in [0.25, 0.3) is 0 Å². The van der Waals surface area contributed by atoms with Crippen LogP contribution in [0.1, 0.15) is 53.9 Å². The summed E-state index contributed by atoms with van der Waals surface area (Å²) in [5.41, 5.74) is 6.40. The molecule has 0 spiro atoms. The largest absolute Gasteiger partial charge is 0.329 e. The van der Waals surface area contributed by atoms with Gasteiger partial charge in [-0.25, -0.2) is 0 Å². The van der Waals surface area contributed by atoms with E-state index < -0.39 is 0 Å². The maximum absolute atomic E-state index is 6.14. The molecule has 1 fully saturated rings. The van der Waals surface area contributed by atoms with Gasteiger partial charge in [0.2, 0.25) is 0 Å². The van der Waals surface area contributed by atoms with Crippen molar-refractivity contribution >= 4 is 0 Å². The van der Waals surface area contributed by atoms with E-state index in [0.29, 0.717) is 6.04 Å². The molecular formula is C14H30N2. The smallest absolute Gasteiger partial charge is 0.0339 e. The van der Waals surface area contributed by atoms with Gasteiger partial charge in [-0.15, -0.1) is 0 Å². The van der Waals surface area contributed by atoms with Crippen LogP contribution in [0.25, 0.3) is 0 Å². The van der Waals surface area contributed by atoms with Gasteiger partial charge in [0.05, 0.1) is 0 Å². The quantitative estimate of drug-likeness (QED) is 0.798. The third-order valence-electron chi connectivity index (χ3n) is 4.21. The maximum Gasteiger partial charge on any atom is 0.0339 e. The van der Waals surface area contributed by atoms with Crippen LogP contribution in [0.4, 0.5) is 0 Å². The summed E-state index contributed by atoms with van der Waals surface area (Å²) in [6, 6.07) is 0.603. The summed E-state index contributed by atoms with van der Waals surface area (Å²) in [6.07, 6.45) is 3.93. The predicted octanol–water partition coefficient (Wildman–Crippen LogP) is 2.87. The summed E-state index contributed by atoms with van der Waals surface area (Å²) in [5.74, 6) is 1.64. The minimum absolute atomic E-state index is 0.264. The van der Waals surface area contributed by atoms with Crippen LogP contribution in [-0.2, 0) is 0 Å². The molecule has 1 aliphatic rings. The second-order valence-corrected chi connectivity index (χ2v) is 6.16. The Morgan fingerprint density at radius 1 is 1.25 bits per heavy atom. The molecule has 1 aliphatic carbocycles. The Bertz CT molecular complexity index is 203. The van der Waals surface area contributed by atoms with Gasteiger partial charge in [-0.3, -0.25) is 4.90 Å². The highest BCUT2D eigenvalue weighted by Crippen LogP contribution is 2.40. The highest BCUT2D eigenvalue weighted by Gasteiger charge is 2.41. The lowest BCUT2D eigenvalue weighted by molar-refractivity contribution is 0.00191. The lowest BCUT2D eigenvalue weighted by atomic mass is 9.70. The van der Waals surface area contributed by atoms with Crippen LogP contribution in [0.15, 0.2) is 0 Å². The molecule has 1 saturated carbocycles. The van der Waals surface area contributed by atoms with Gasteiger partial charge in [-0.2, -0.15) is 0 Å². The SMILES string of the molecule is CCN(C(C)C)C1(CN)CC(C)CC(C)C1. The van der Waals surface area contributed by atoms with Crippen molar-refractivity contribution in [2.75, 3.05) is 13.1 Å². The second kappa shape index (κ2) is 5.50. The predicted molar refractivity (Wildman–Crippen MR) is 71.5 cm³/mol. The van der Waals surface area contributed by atoms with Crippen molar-refractivity contribution in [3.05, 3.63) is 0 Å². The first-order valence-electron chi connectivity index (χ1n) is 6.92. The number of rotatable bonds is 4. The zero-order valence-corrected chi connectivity index (χ0v) is 11.8. The molecule has 16 heavy (non-hydrogen) atoms. The topological polar surface area (TPSA) is 29.3 Å². The Labute approximate surface area is 102 Å². The lowest BCUT2D eigenvalue weighted by Crippen LogP contribution is -2.59. The van der Waals surface area contributed by atoms with Gasteiger partial charge < -0.3 is 5.73 Å². The Morgan fingerprint density at radius 3 is 2.06 bits per heavy atom. The summed E-state index contributed by atoms with van der Waals surface area (Å²) in [5, 5.41) is 0. The summed E-state index contributed by atoms with van der Waals surface area (Å²) < 4.78 is 0. The van der Waals surface area contributed by atoms with Gasteiger partial charge in [0.1, 0.15) is 0 Å². The molecule has 0 aliphatic heterocycles. The fourth-order valence-electron chi connectivity index (χ4n) is 4.00. The van der Waals surface area contributed by atoms with E-state index in [1.807, 2.05) is 0 Å². The van der Waals surface area contributed by atoms with Crippen molar-refractivity contribution in [2.24, 2.45) is 17.6 Å². The molecule has 0 bridgehead atoms. The zero-order valence-electron chi connectivity index (χ0n) is 11.8. The highest BCUT2D eigenvalue weighted by molar-refractivity contribution is 4.98. The van der Waals surface area contributed by atoms with Gasteiger partial charge in [-0.05, 0) is 51.5 Å².